The molecule has 0 aliphatic carbocycles. The average molecular weight is 997 g/mol. The van der Waals surface area contributed by atoms with Crippen molar-refractivity contribution in [1.29, 1.82) is 0 Å². The van der Waals surface area contributed by atoms with Crippen LogP contribution in [0.1, 0.15) is 104 Å². The van der Waals surface area contributed by atoms with E-state index < -0.39 is 36.0 Å². The first-order chi connectivity index (χ1) is 33.5. The Labute approximate surface area is 412 Å². The lowest BCUT2D eigenvalue weighted by atomic mass is 10.2. The number of amides is 4. The number of nitrogens with two attached hydrogens (primary N) is 2. The molecule has 0 unspecified atom stereocenters. The average Bonchev–Trinajstić information content (AvgIpc) is 3.42. The Morgan fingerprint density at radius 3 is 0.614 bits per heavy atom. The molecule has 0 aliphatic heterocycles. The van der Waals surface area contributed by atoms with E-state index in [1.54, 1.807) is 103 Å². The molecule has 70 heavy (non-hydrogen) atoms. The Balaban J connectivity index is -0.000000111. The Kier molecular flexibility index (Phi) is 68.3. The second kappa shape index (κ2) is 59.8. The number of halogens is 4. The number of benzene rings is 4. The summed E-state index contributed by atoms with van der Waals surface area (Å²) in [7, 11) is 5.00. The minimum atomic E-state index is -1.05. The van der Waals surface area contributed by atoms with E-state index in [4.69, 9.17) is 15.3 Å². The summed E-state index contributed by atoms with van der Waals surface area (Å²) in [5.74, 6) is -4.27. The van der Waals surface area contributed by atoms with Crippen molar-refractivity contribution in [3.63, 3.8) is 0 Å². The fraction of sp³-hybridized carbons (Fsp3) is 0.380. The van der Waals surface area contributed by atoms with E-state index in [-0.39, 0.29) is 29.7 Å². The van der Waals surface area contributed by atoms with Gasteiger partial charge < -0.3 is 48.1 Å². The van der Waals surface area contributed by atoms with Gasteiger partial charge in [0, 0.05) is 28.3 Å². The monoisotopic (exact) mass is 997 g/mol. The molecule has 0 radical (unpaired) electrons. The normalized spacial score (nSPS) is 9.46. The maximum absolute atomic E-state index is 11.4. The van der Waals surface area contributed by atoms with Gasteiger partial charge in [0.2, 0.25) is 0 Å². The van der Waals surface area contributed by atoms with Crippen LogP contribution in [0.5, 0.6) is 0 Å². The molecule has 4 amide bonds. The molecule has 0 aromatic heterocycles. The number of hydrogen-bond donors (Lipinski definition) is 9. The van der Waals surface area contributed by atoms with E-state index >= 15 is 0 Å². The van der Waals surface area contributed by atoms with E-state index in [2.05, 4.69) is 32.7 Å². The number of aliphatic carboxylic acids is 3. The Morgan fingerprint density at radius 1 is 0.343 bits per heavy atom. The molecule has 0 spiro atoms. The van der Waals surface area contributed by atoms with Gasteiger partial charge in [-0.15, -0.1) is 0 Å². The number of carbonyl (C=O) groups is 7. The van der Waals surface area contributed by atoms with Crippen LogP contribution in [0.4, 0.5) is 17.6 Å². The molecule has 4 aromatic rings. The molecule has 4 aromatic carbocycles. The summed E-state index contributed by atoms with van der Waals surface area (Å²) >= 11 is 0. The quantitative estimate of drug-likeness (QED) is 0.0646. The molecule has 20 heteroatoms. The fourth-order valence-electron chi connectivity index (χ4n) is 3.73. The van der Waals surface area contributed by atoms with Crippen molar-refractivity contribution in [2.45, 2.75) is 86.5 Å². The van der Waals surface area contributed by atoms with Gasteiger partial charge in [-0.05, 0) is 97.2 Å². The largest absolute Gasteiger partial charge is 0.480 e. The van der Waals surface area contributed by atoms with Gasteiger partial charge in [0.25, 0.3) is 23.6 Å². The van der Waals surface area contributed by atoms with Crippen molar-refractivity contribution in [2.75, 3.05) is 42.8 Å². The first-order valence-electron chi connectivity index (χ1n) is 21.3. The van der Waals surface area contributed by atoms with Crippen LogP contribution in [0, 0.1) is 0 Å². The minimum absolute atomic E-state index is 0.00870. The Hall–Kier alpha value is -7.19. The molecule has 0 aliphatic rings. The molecule has 11 N–H and O–H groups in total. The van der Waals surface area contributed by atoms with E-state index in [0.29, 0.717) is 51.0 Å². The van der Waals surface area contributed by atoms with Gasteiger partial charge in [0.1, 0.15) is 18.1 Å². The van der Waals surface area contributed by atoms with Gasteiger partial charge >= 0.3 is 17.9 Å². The van der Waals surface area contributed by atoms with Crippen LogP contribution in [-0.4, -0.2) is 124 Å². The predicted octanol–water partition coefficient (Wildman–Crippen LogP) is 8.04. The van der Waals surface area contributed by atoms with E-state index in [1.165, 1.54) is 34.9 Å². The van der Waals surface area contributed by atoms with Crippen LogP contribution in [0.3, 0.4) is 0 Å². The SMILES string of the molecule is CC.CC.CC(C)NC(=O)c1ccccc1.CN.CN.C[18F].C[18F].C[18F].C[18F].C[C@@H](NC(=O)c1ccccc1)C(=O)O.C[C@H](NC(=O)c1ccccc1)C(=O)O.C[C@H](NC(=O)c1ccccc1)C(=O)O. The number of hydrogen-bond acceptors (Lipinski definition) is 9. The number of rotatable bonds is 11. The molecule has 0 saturated heterocycles. The van der Waals surface area contributed by atoms with Crippen LogP contribution in [0.2, 0.25) is 0 Å². The highest BCUT2D eigenvalue weighted by Crippen LogP contribution is 2.01. The minimum Gasteiger partial charge on any atom is -0.480 e. The first-order valence-corrected chi connectivity index (χ1v) is 21.3. The van der Waals surface area contributed by atoms with Gasteiger partial charge in [-0.25, -0.2) is 0 Å². The topological polar surface area (TPSA) is 280 Å². The summed E-state index contributed by atoms with van der Waals surface area (Å²) in [6.07, 6.45) is 0. The second-order valence-corrected chi connectivity index (χ2v) is 11.7. The smallest absolute Gasteiger partial charge is 0.325 e. The highest BCUT2D eigenvalue weighted by molar-refractivity contribution is 5.98. The van der Waals surface area contributed by atoms with Crippen molar-refractivity contribution < 1.29 is 66.4 Å². The summed E-state index contributed by atoms with van der Waals surface area (Å²) in [5.41, 5.74) is 11.1. The van der Waals surface area contributed by atoms with Crippen molar-refractivity contribution in [2.24, 2.45) is 11.5 Å². The molecule has 0 saturated carbocycles. The van der Waals surface area contributed by atoms with Crippen LogP contribution in [0.15, 0.2) is 121 Å². The predicted molar refractivity (Wildman–Crippen MR) is 273 cm³/mol. The van der Waals surface area contributed by atoms with Crippen molar-refractivity contribution in [3.05, 3.63) is 144 Å². The third-order valence-corrected chi connectivity index (χ3v) is 6.72. The first kappa shape index (κ1) is 79.9. The number of carboxylic acid groups (broad SMARTS) is 3. The summed E-state index contributed by atoms with van der Waals surface area (Å²) in [4.78, 5) is 76.9. The third kappa shape index (κ3) is 45.9. The molecule has 3 atom stereocenters. The molecule has 0 heterocycles. The molecular formula is C50H80F4N6O10. The fourth-order valence-corrected chi connectivity index (χ4v) is 3.73. The summed E-state index contributed by atoms with van der Waals surface area (Å²) in [6.45, 7) is 16.2. The van der Waals surface area contributed by atoms with E-state index in [9.17, 15) is 51.1 Å². The highest BCUT2D eigenvalue weighted by Gasteiger charge is 2.16. The summed E-state index contributed by atoms with van der Waals surface area (Å²) in [6, 6.07) is 32.3. The second-order valence-electron chi connectivity index (χ2n) is 11.7. The van der Waals surface area contributed by atoms with Crippen molar-refractivity contribution in [3.8, 4) is 0 Å². The molecule has 0 fully saturated rings. The maximum atomic E-state index is 11.4. The zero-order valence-electron chi connectivity index (χ0n) is 43.2. The summed E-state index contributed by atoms with van der Waals surface area (Å²) in [5, 5.41) is 35.6. The number of alkyl halides is 4. The zero-order valence-corrected chi connectivity index (χ0v) is 43.2. The number of carboxylic acids is 3. The number of nitrogens with one attached hydrogen (secondary N) is 4. The molecule has 16 nitrogen and oxygen atoms in total. The van der Waals surface area contributed by atoms with Crippen LogP contribution in [0.25, 0.3) is 0 Å². The molecule has 0 bridgehead atoms. The van der Waals surface area contributed by atoms with Crippen LogP contribution >= 0.6 is 0 Å². The summed E-state index contributed by atoms with van der Waals surface area (Å²) < 4.78 is 38.0. The van der Waals surface area contributed by atoms with E-state index in [1.807, 2.05) is 59.7 Å². The van der Waals surface area contributed by atoms with Gasteiger partial charge in [0.05, 0.1) is 28.7 Å². The van der Waals surface area contributed by atoms with Gasteiger partial charge in [-0.2, -0.15) is 0 Å². The van der Waals surface area contributed by atoms with Gasteiger partial charge in [0.15, 0.2) is 0 Å². The van der Waals surface area contributed by atoms with Gasteiger partial charge in [-0.3, -0.25) is 51.1 Å². The lowest BCUT2D eigenvalue weighted by Gasteiger charge is -2.08. The maximum Gasteiger partial charge on any atom is 0.325 e. The van der Waals surface area contributed by atoms with Crippen LogP contribution < -0.4 is 32.7 Å². The number of carbonyl (C=O) groups excluding carboxylic acids is 4. The van der Waals surface area contributed by atoms with Crippen molar-refractivity contribution in [1.82, 2.24) is 21.3 Å². The third-order valence-electron chi connectivity index (χ3n) is 6.72. The highest BCUT2D eigenvalue weighted by atomic mass is 18.2. The van der Waals surface area contributed by atoms with E-state index in [0.717, 1.165) is 0 Å². The van der Waals surface area contributed by atoms with Gasteiger partial charge in [-0.1, -0.05) is 100 Å². The van der Waals surface area contributed by atoms with Crippen LogP contribution in [-0.2, 0) is 14.4 Å². The lowest BCUT2D eigenvalue weighted by molar-refractivity contribution is -0.139. The van der Waals surface area contributed by atoms with Crippen molar-refractivity contribution >= 4 is 41.5 Å². The Bertz CT molecular complexity index is 1660. The molecule has 4 rings (SSSR count). The standard InChI is InChI=1S/3C10H11NO3.C10H13NO.2C2H6.4CH3F.2CH5N/c3*1-7(10(13)14)11-9(12)8-5-3-2-4-6-8;1-8(2)11-10(12)9-6-4-3-5-7-9;8*1-2/h3*2-7H,1H3,(H,11,12)(H,13,14);3-8H,1-2H3,(H,11,12);2*1-2H3;4*1H3;2*2H2,1H3/t3*7-;;;;;;;;;/m100........./s1/i;;;;;;4*2-1;;. The molecular weight excluding hydrogens is 917 g/mol. The lowest BCUT2D eigenvalue weighted by Crippen LogP contribution is -2.38. The molecule has 398 valence electrons. The zero-order chi connectivity index (χ0) is 56.6. The Morgan fingerprint density at radius 2 is 0.486 bits per heavy atom.